The molecule has 134 valence electrons. The first-order valence-electron chi connectivity index (χ1n) is 8.04. The van der Waals surface area contributed by atoms with Crippen molar-refractivity contribution < 1.29 is 14.3 Å². The van der Waals surface area contributed by atoms with E-state index >= 15 is 0 Å². The quantitative estimate of drug-likeness (QED) is 0.754. The zero-order valence-corrected chi connectivity index (χ0v) is 15.4. The summed E-state index contributed by atoms with van der Waals surface area (Å²) < 4.78 is 10.2. The number of halogens is 1. The molecule has 0 bridgehead atoms. The lowest BCUT2D eigenvalue weighted by atomic mass is 10.1. The van der Waals surface area contributed by atoms with Crippen molar-refractivity contribution in [3.8, 4) is 11.5 Å². The Morgan fingerprint density at radius 3 is 2.44 bits per heavy atom. The Labute approximate surface area is 153 Å². The molecule has 0 radical (unpaired) electrons. The van der Waals surface area contributed by atoms with E-state index in [0.29, 0.717) is 17.3 Å². The van der Waals surface area contributed by atoms with Gasteiger partial charge in [0.2, 0.25) is 5.91 Å². The van der Waals surface area contributed by atoms with Crippen LogP contribution in [-0.4, -0.2) is 32.7 Å². The molecule has 2 N–H and O–H groups in total. The van der Waals surface area contributed by atoms with Crippen LogP contribution in [0.2, 0.25) is 5.02 Å². The number of amides is 1. The fourth-order valence-electron chi connectivity index (χ4n) is 2.35. The summed E-state index contributed by atoms with van der Waals surface area (Å²) in [5.74, 6) is 1.35. The first kappa shape index (κ1) is 18.9. The third-order valence-corrected chi connectivity index (χ3v) is 4.10. The minimum absolute atomic E-state index is 0.0690. The molecule has 2 rings (SSSR count). The third-order valence-electron chi connectivity index (χ3n) is 3.80. The minimum Gasteiger partial charge on any atom is -0.497 e. The summed E-state index contributed by atoms with van der Waals surface area (Å²) in [6.07, 6.45) is 0.761. The molecule has 6 heteroatoms. The molecule has 0 aliphatic rings. The lowest BCUT2D eigenvalue weighted by Crippen LogP contribution is -2.38. The Bertz CT molecular complexity index is 704. The summed E-state index contributed by atoms with van der Waals surface area (Å²) in [6, 6.07) is 12.8. The number of hydrogen-bond acceptors (Lipinski definition) is 4. The topological polar surface area (TPSA) is 59.6 Å². The normalized spacial score (nSPS) is 11.5. The van der Waals surface area contributed by atoms with Gasteiger partial charge in [-0.2, -0.15) is 0 Å². The molecular weight excluding hydrogens is 340 g/mol. The van der Waals surface area contributed by atoms with E-state index in [4.69, 9.17) is 21.1 Å². The van der Waals surface area contributed by atoms with E-state index < -0.39 is 0 Å². The molecule has 2 aromatic rings. The lowest BCUT2D eigenvalue weighted by Gasteiger charge is -2.16. The van der Waals surface area contributed by atoms with Crippen molar-refractivity contribution in [2.24, 2.45) is 0 Å². The number of methoxy groups -OCH3 is 2. The molecule has 25 heavy (non-hydrogen) atoms. The number of nitrogens with one attached hydrogen (secondary N) is 2. The summed E-state index contributed by atoms with van der Waals surface area (Å²) in [7, 11) is 3.20. The molecule has 0 saturated heterocycles. The largest absolute Gasteiger partial charge is 0.497 e. The number of ether oxygens (including phenoxy) is 2. The number of benzene rings is 2. The van der Waals surface area contributed by atoms with Gasteiger partial charge in [-0.05, 0) is 49.2 Å². The van der Waals surface area contributed by atoms with Gasteiger partial charge in [-0.25, -0.2) is 0 Å². The predicted molar refractivity (Wildman–Crippen MR) is 101 cm³/mol. The Kier molecular flexibility index (Phi) is 6.95. The molecule has 0 fully saturated rings. The average molecular weight is 363 g/mol. The van der Waals surface area contributed by atoms with Crippen molar-refractivity contribution in [1.82, 2.24) is 5.32 Å². The van der Waals surface area contributed by atoms with Gasteiger partial charge in [0.15, 0.2) is 0 Å². The van der Waals surface area contributed by atoms with E-state index in [2.05, 4.69) is 10.6 Å². The Morgan fingerprint density at radius 2 is 1.84 bits per heavy atom. The van der Waals surface area contributed by atoms with Crippen molar-refractivity contribution >= 4 is 23.2 Å². The zero-order chi connectivity index (χ0) is 18.2. The van der Waals surface area contributed by atoms with Gasteiger partial charge in [0.25, 0.3) is 0 Å². The molecular formula is C19H23ClN2O3. The van der Waals surface area contributed by atoms with Crippen molar-refractivity contribution in [2.75, 3.05) is 26.1 Å². The van der Waals surface area contributed by atoms with Crippen LogP contribution in [0.25, 0.3) is 0 Å². The van der Waals surface area contributed by atoms with Gasteiger partial charge in [0, 0.05) is 12.2 Å². The number of carbonyl (C=O) groups excluding carboxylic acids is 1. The van der Waals surface area contributed by atoms with Crippen LogP contribution in [0.1, 0.15) is 12.5 Å². The van der Waals surface area contributed by atoms with Gasteiger partial charge in [-0.15, -0.1) is 0 Å². The summed E-state index contributed by atoms with van der Waals surface area (Å²) >= 11 is 6.09. The monoisotopic (exact) mass is 362 g/mol. The highest BCUT2D eigenvalue weighted by molar-refractivity contribution is 6.32. The highest BCUT2D eigenvalue weighted by atomic mass is 35.5. The van der Waals surface area contributed by atoms with Gasteiger partial charge >= 0.3 is 0 Å². The average Bonchev–Trinajstić information content (AvgIpc) is 2.62. The zero-order valence-electron chi connectivity index (χ0n) is 14.6. The van der Waals surface area contributed by atoms with Crippen molar-refractivity contribution in [1.29, 1.82) is 0 Å². The van der Waals surface area contributed by atoms with Crippen LogP contribution in [-0.2, 0) is 11.2 Å². The predicted octanol–water partition coefficient (Wildman–Crippen LogP) is 3.52. The molecule has 1 amide bonds. The number of carbonyl (C=O) groups is 1. The summed E-state index contributed by atoms with van der Waals surface area (Å²) in [5.41, 5.74) is 1.91. The second kappa shape index (κ2) is 9.18. The number of anilines is 1. The van der Waals surface area contributed by atoms with Crippen LogP contribution >= 0.6 is 11.6 Å². The maximum atomic E-state index is 12.2. The van der Waals surface area contributed by atoms with Gasteiger partial charge in [0.1, 0.15) is 17.5 Å². The first-order valence-corrected chi connectivity index (χ1v) is 8.42. The standard InChI is InChI=1S/C19H23ClN2O3/c1-13(22-15-6-9-18(25-3)17(20)12-15)19(23)21-11-10-14-4-7-16(24-2)8-5-14/h4-9,12-13,22H,10-11H2,1-3H3,(H,21,23). The van der Waals surface area contributed by atoms with Crippen LogP contribution in [0.5, 0.6) is 11.5 Å². The Hall–Kier alpha value is -2.40. The van der Waals surface area contributed by atoms with Crippen molar-refractivity contribution in [2.45, 2.75) is 19.4 Å². The van der Waals surface area contributed by atoms with E-state index in [1.165, 1.54) is 0 Å². The number of rotatable bonds is 8. The van der Waals surface area contributed by atoms with E-state index in [-0.39, 0.29) is 11.9 Å². The highest BCUT2D eigenvalue weighted by Gasteiger charge is 2.13. The molecule has 0 aromatic heterocycles. The maximum absolute atomic E-state index is 12.2. The second-order valence-electron chi connectivity index (χ2n) is 5.60. The van der Waals surface area contributed by atoms with Crippen LogP contribution in [0.15, 0.2) is 42.5 Å². The second-order valence-corrected chi connectivity index (χ2v) is 6.01. The Balaban J connectivity index is 1.80. The first-order chi connectivity index (χ1) is 12.0. The SMILES string of the molecule is COc1ccc(CCNC(=O)C(C)Nc2ccc(OC)c(Cl)c2)cc1. The molecule has 5 nitrogen and oxygen atoms in total. The van der Waals surface area contributed by atoms with E-state index in [1.807, 2.05) is 30.3 Å². The highest BCUT2D eigenvalue weighted by Crippen LogP contribution is 2.27. The van der Waals surface area contributed by atoms with Crippen LogP contribution in [0, 0.1) is 0 Å². The summed E-state index contributed by atoms with van der Waals surface area (Å²) in [4.78, 5) is 12.2. The molecule has 2 aromatic carbocycles. The molecule has 0 spiro atoms. The van der Waals surface area contributed by atoms with Crippen LogP contribution in [0.4, 0.5) is 5.69 Å². The molecule has 0 aliphatic carbocycles. The van der Waals surface area contributed by atoms with Crippen molar-refractivity contribution in [3.05, 3.63) is 53.1 Å². The van der Waals surface area contributed by atoms with Gasteiger partial charge in [-0.3, -0.25) is 4.79 Å². The summed E-state index contributed by atoms with van der Waals surface area (Å²) in [6.45, 7) is 2.38. The van der Waals surface area contributed by atoms with Crippen LogP contribution < -0.4 is 20.1 Å². The van der Waals surface area contributed by atoms with Gasteiger partial charge in [-0.1, -0.05) is 23.7 Å². The van der Waals surface area contributed by atoms with Gasteiger partial charge in [0.05, 0.1) is 19.2 Å². The molecule has 1 atom stereocenters. The summed E-state index contributed by atoms with van der Waals surface area (Å²) in [5, 5.41) is 6.56. The van der Waals surface area contributed by atoms with Gasteiger partial charge < -0.3 is 20.1 Å². The smallest absolute Gasteiger partial charge is 0.242 e. The van der Waals surface area contributed by atoms with E-state index in [0.717, 1.165) is 23.4 Å². The fourth-order valence-corrected chi connectivity index (χ4v) is 2.60. The van der Waals surface area contributed by atoms with E-state index in [9.17, 15) is 4.79 Å². The maximum Gasteiger partial charge on any atom is 0.242 e. The fraction of sp³-hybridized carbons (Fsp3) is 0.316. The lowest BCUT2D eigenvalue weighted by molar-refractivity contribution is -0.121. The molecule has 0 saturated carbocycles. The minimum atomic E-state index is -0.375. The van der Waals surface area contributed by atoms with E-state index in [1.54, 1.807) is 33.3 Å². The molecule has 0 heterocycles. The third kappa shape index (κ3) is 5.57. The number of hydrogen-bond donors (Lipinski definition) is 2. The Morgan fingerprint density at radius 1 is 1.12 bits per heavy atom. The molecule has 0 aliphatic heterocycles. The van der Waals surface area contributed by atoms with Crippen molar-refractivity contribution in [3.63, 3.8) is 0 Å². The van der Waals surface area contributed by atoms with Crippen LogP contribution in [0.3, 0.4) is 0 Å². The molecule has 1 unspecified atom stereocenters.